The maximum absolute atomic E-state index is 3.52. The van der Waals surface area contributed by atoms with E-state index < -0.39 is 0 Å². The van der Waals surface area contributed by atoms with Crippen molar-refractivity contribution in [1.29, 1.82) is 0 Å². The van der Waals surface area contributed by atoms with Gasteiger partial charge in [-0.05, 0) is 0 Å². The SMILES string of the molecule is C=C[C-](C)C. The summed E-state index contributed by atoms with van der Waals surface area (Å²) in [5.41, 5.74) is 0. The molecule has 0 heterocycles. The van der Waals surface area contributed by atoms with E-state index in [2.05, 4.69) is 6.58 Å². The smallest absolute Gasteiger partial charge is 0.111 e. The minimum atomic E-state index is 1.27. The zero-order chi connectivity index (χ0) is 4.28. The molecule has 0 aliphatic carbocycles. The van der Waals surface area contributed by atoms with E-state index in [-0.39, 0.29) is 0 Å². The predicted octanol–water partition coefficient (Wildman–Crippen LogP) is 1.79. The van der Waals surface area contributed by atoms with E-state index in [9.17, 15) is 0 Å². The third kappa shape index (κ3) is 3.61. The van der Waals surface area contributed by atoms with Crippen LogP contribution < -0.4 is 0 Å². The number of allylic oxidation sites excluding steroid dienone is 1. The zero-order valence-electron chi connectivity index (χ0n) is 3.78. The first kappa shape index (κ1) is 4.61. The number of hydrogen-bond donors (Lipinski definition) is 0. The minimum absolute atomic E-state index is 1.27. The highest BCUT2D eigenvalue weighted by atomic mass is 13.8. The molecule has 0 aromatic rings. The van der Waals surface area contributed by atoms with Gasteiger partial charge in [0.15, 0.2) is 0 Å². The van der Waals surface area contributed by atoms with Crippen LogP contribution in [-0.4, -0.2) is 0 Å². The Kier molecular flexibility index (Phi) is 1.74. The van der Waals surface area contributed by atoms with Crippen molar-refractivity contribution in [2.75, 3.05) is 0 Å². The summed E-state index contributed by atoms with van der Waals surface area (Å²) in [6.45, 7) is 7.56. The molecule has 0 aliphatic rings. The number of hydrogen-bond acceptors (Lipinski definition) is 0. The topological polar surface area (TPSA) is 0 Å². The molecule has 0 bridgehead atoms. The van der Waals surface area contributed by atoms with E-state index in [1.807, 2.05) is 19.9 Å². The molecule has 0 fully saturated rings. The first-order chi connectivity index (χ1) is 2.27. The lowest BCUT2D eigenvalue weighted by atomic mass is 10.2. The van der Waals surface area contributed by atoms with E-state index in [1.54, 1.807) is 0 Å². The first-order valence-electron chi connectivity index (χ1n) is 1.70. The van der Waals surface area contributed by atoms with E-state index in [0.29, 0.717) is 0 Å². The molecular weight excluding hydrogens is 60.1 g/mol. The van der Waals surface area contributed by atoms with Crippen molar-refractivity contribution in [3.63, 3.8) is 0 Å². The molecule has 0 heteroatoms. The molecule has 0 amide bonds. The summed E-state index contributed by atoms with van der Waals surface area (Å²) < 4.78 is 0. The molecule has 0 unspecified atom stereocenters. The molecule has 0 spiro atoms. The lowest BCUT2D eigenvalue weighted by Gasteiger charge is -1.98. The lowest BCUT2D eigenvalue weighted by molar-refractivity contribution is 1.21. The van der Waals surface area contributed by atoms with Gasteiger partial charge in [0.2, 0.25) is 0 Å². The van der Waals surface area contributed by atoms with Crippen LogP contribution >= 0.6 is 0 Å². The highest BCUT2D eigenvalue weighted by Crippen LogP contribution is 1.90. The van der Waals surface area contributed by atoms with Crippen molar-refractivity contribution in [1.82, 2.24) is 0 Å². The lowest BCUT2D eigenvalue weighted by Crippen LogP contribution is -1.67. The summed E-state index contributed by atoms with van der Waals surface area (Å²) in [6, 6.07) is 0. The standard InChI is InChI=1S/C5H9/c1-4-5(2)3/h4H,1H2,2-3H3/q-1. The van der Waals surface area contributed by atoms with Gasteiger partial charge < -0.3 is 0 Å². The summed E-state index contributed by atoms with van der Waals surface area (Å²) >= 11 is 0. The predicted molar refractivity (Wildman–Crippen MR) is 24.8 cm³/mol. The molecule has 0 saturated heterocycles. The summed E-state index contributed by atoms with van der Waals surface area (Å²) in [6.07, 6.45) is 1.83. The maximum atomic E-state index is 3.52. The Balaban J connectivity index is 2.83. The van der Waals surface area contributed by atoms with Crippen LogP contribution in [0.3, 0.4) is 0 Å². The molecule has 0 atom stereocenters. The second-order valence-corrected chi connectivity index (χ2v) is 1.28. The normalized spacial score (nSPS) is 6.80. The van der Waals surface area contributed by atoms with Gasteiger partial charge in [-0.15, -0.1) is 13.8 Å². The minimum Gasteiger partial charge on any atom is -0.245 e. The molecule has 0 aromatic heterocycles. The van der Waals surface area contributed by atoms with E-state index in [0.717, 1.165) is 0 Å². The molecule has 0 nitrogen and oxygen atoms in total. The summed E-state index contributed by atoms with van der Waals surface area (Å²) in [5, 5.41) is 0. The fraction of sp³-hybridized carbons (Fsp3) is 0.400. The highest BCUT2D eigenvalue weighted by molar-refractivity contribution is 4.96. The van der Waals surface area contributed by atoms with Crippen molar-refractivity contribution in [3.05, 3.63) is 18.6 Å². The van der Waals surface area contributed by atoms with Crippen molar-refractivity contribution < 1.29 is 0 Å². The van der Waals surface area contributed by atoms with Crippen LogP contribution in [0.15, 0.2) is 12.7 Å². The van der Waals surface area contributed by atoms with Gasteiger partial charge in [-0.2, -0.15) is 0 Å². The molecule has 0 radical (unpaired) electrons. The second-order valence-electron chi connectivity index (χ2n) is 1.28. The third-order valence-corrected chi connectivity index (χ3v) is 0.408. The molecule has 0 aliphatic heterocycles. The fourth-order valence-corrected chi connectivity index (χ4v) is 0. The van der Waals surface area contributed by atoms with Crippen molar-refractivity contribution in [2.24, 2.45) is 0 Å². The van der Waals surface area contributed by atoms with Gasteiger partial charge in [-0.3, -0.25) is 0 Å². The average molecular weight is 69.1 g/mol. The summed E-state index contributed by atoms with van der Waals surface area (Å²) in [7, 11) is 0. The zero-order valence-corrected chi connectivity index (χ0v) is 3.78. The van der Waals surface area contributed by atoms with Crippen molar-refractivity contribution in [3.8, 4) is 0 Å². The molecule has 0 N–H and O–H groups in total. The van der Waals surface area contributed by atoms with E-state index in [1.165, 1.54) is 5.92 Å². The second kappa shape index (κ2) is 1.89. The van der Waals surface area contributed by atoms with Crippen LogP contribution in [-0.2, 0) is 0 Å². The molecule has 5 heavy (non-hydrogen) atoms. The Bertz CT molecular complexity index is 27.0. The quantitative estimate of drug-likeness (QED) is 0.412. The molecule has 0 aromatic carbocycles. The van der Waals surface area contributed by atoms with E-state index >= 15 is 0 Å². The van der Waals surface area contributed by atoms with Gasteiger partial charge in [-0.1, -0.05) is 0 Å². The molecule has 0 rings (SSSR count). The van der Waals surface area contributed by atoms with Crippen molar-refractivity contribution in [2.45, 2.75) is 13.8 Å². The maximum Gasteiger partial charge on any atom is -0.111 e. The van der Waals surface area contributed by atoms with Gasteiger partial charge in [-0.25, -0.2) is 18.6 Å². The monoisotopic (exact) mass is 69.1 g/mol. The van der Waals surface area contributed by atoms with Gasteiger partial charge in [0.25, 0.3) is 0 Å². The van der Waals surface area contributed by atoms with Crippen LogP contribution in [0.4, 0.5) is 0 Å². The first-order valence-corrected chi connectivity index (χ1v) is 1.70. The Morgan fingerprint density at radius 3 is 1.80 bits per heavy atom. The Morgan fingerprint density at radius 1 is 1.60 bits per heavy atom. The largest absolute Gasteiger partial charge is 0.245 e. The van der Waals surface area contributed by atoms with Crippen LogP contribution in [0.1, 0.15) is 13.8 Å². The Labute approximate surface area is 33.5 Å². The molecule has 30 valence electrons. The van der Waals surface area contributed by atoms with Gasteiger partial charge in [0.1, 0.15) is 0 Å². The van der Waals surface area contributed by atoms with Crippen LogP contribution in [0.2, 0.25) is 0 Å². The van der Waals surface area contributed by atoms with Crippen molar-refractivity contribution >= 4 is 0 Å². The summed E-state index contributed by atoms with van der Waals surface area (Å²) in [5.74, 6) is 1.27. The highest BCUT2D eigenvalue weighted by Gasteiger charge is 1.60. The molecular formula is C5H9-. The van der Waals surface area contributed by atoms with Gasteiger partial charge in [0, 0.05) is 0 Å². The Morgan fingerprint density at radius 2 is 1.80 bits per heavy atom. The molecule has 0 saturated carbocycles. The van der Waals surface area contributed by atoms with E-state index in [4.69, 9.17) is 0 Å². The van der Waals surface area contributed by atoms with Crippen LogP contribution in [0.5, 0.6) is 0 Å². The van der Waals surface area contributed by atoms with Gasteiger partial charge in [0.05, 0.1) is 0 Å². The summed E-state index contributed by atoms with van der Waals surface area (Å²) in [4.78, 5) is 0. The average Bonchev–Trinajstić information content (AvgIpc) is 1.38. The Hall–Kier alpha value is -0.390. The van der Waals surface area contributed by atoms with Crippen LogP contribution in [0, 0.1) is 5.92 Å². The third-order valence-electron chi connectivity index (χ3n) is 0.408. The van der Waals surface area contributed by atoms with Crippen LogP contribution in [0.25, 0.3) is 0 Å². The van der Waals surface area contributed by atoms with Gasteiger partial charge >= 0.3 is 0 Å². The fourth-order valence-electron chi connectivity index (χ4n) is 0. The number of rotatable bonds is 1.